The van der Waals surface area contributed by atoms with Crippen molar-refractivity contribution in [1.82, 2.24) is 4.98 Å². The lowest BCUT2D eigenvalue weighted by Gasteiger charge is -2.24. The molecular weight excluding hydrogens is 434 g/mol. The zero-order valence-electron chi connectivity index (χ0n) is 16.5. The third kappa shape index (κ3) is 4.48. The fourth-order valence-corrected chi connectivity index (χ4v) is 3.40. The fourth-order valence-electron chi connectivity index (χ4n) is 3.29. The second-order valence-electron chi connectivity index (χ2n) is 6.97. The molecular formula is C23H16ClN3O5. The largest absolute Gasteiger partial charge is 0.493 e. The molecule has 1 aliphatic rings. The van der Waals surface area contributed by atoms with Gasteiger partial charge in [0.15, 0.2) is 0 Å². The van der Waals surface area contributed by atoms with Gasteiger partial charge in [-0.2, -0.15) is 5.26 Å². The summed E-state index contributed by atoms with van der Waals surface area (Å²) in [5, 5.41) is 22.1. The number of aromatic nitrogens is 1. The van der Waals surface area contributed by atoms with Gasteiger partial charge in [0, 0.05) is 23.4 Å². The number of rotatable bonds is 5. The van der Waals surface area contributed by atoms with Crippen LogP contribution in [0.2, 0.25) is 5.02 Å². The van der Waals surface area contributed by atoms with Crippen molar-refractivity contribution in [3.8, 4) is 23.3 Å². The molecule has 0 saturated heterocycles. The normalized spacial score (nSPS) is 14.4. The van der Waals surface area contributed by atoms with Crippen LogP contribution in [0.4, 0.5) is 5.82 Å². The molecule has 0 bridgehead atoms. The first-order valence-corrected chi connectivity index (χ1v) is 9.97. The topological polar surface area (TPSA) is 122 Å². The van der Waals surface area contributed by atoms with Crippen molar-refractivity contribution in [2.45, 2.75) is 12.3 Å². The minimum absolute atomic E-state index is 0.191. The molecule has 160 valence electrons. The number of carboxylic acids is 1. The van der Waals surface area contributed by atoms with Crippen LogP contribution in [0.15, 0.2) is 54.7 Å². The molecule has 3 aromatic rings. The van der Waals surface area contributed by atoms with Crippen LogP contribution < -0.4 is 14.8 Å². The Labute approximate surface area is 188 Å². The second kappa shape index (κ2) is 8.96. The van der Waals surface area contributed by atoms with Crippen LogP contribution in [0.5, 0.6) is 17.2 Å². The Morgan fingerprint density at radius 3 is 2.66 bits per heavy atom. The van der Waals surface area contributed by atoms with Crippen LogP contribution in [-0.4, -0.2) is 28.6 Å². The minimum Gasteiger partial charge on any atom is -0.493 e. The van der Waals surface area contributed by atoms with E-state index >= 15 is 0 Å². The van der Waals surface area contributed by atoms with Gasteiger partial charge in [0.2, 0.25) is 0 Å². The molecule has 32 heavy (non-hydrogen) atoms. The zero-order chi connectivity index (χ0) is 22.7. The number of carbonyl (C=O) groups excluding carboxylic acids is 1. The first-order chi connectivity index (χ1) is 15.4. The Morgan fingerprint density at radius 2 is 2.00 bits per heavy atom. The number of fused-ring (bicyclic) bond motifs is 1. The summed E-state index contributed by atoms with van der Waals surface area (Å²) in [7, 11) is 0. The molecule has 1 aromatic heterocycles. The first-order valence-electron chi connectivity index (χ1n) is 9.59. The molecule has 2 N–H and O–H groups in total. The van der Waals surface area contributed by atoms with E-state index in [0.29, 0.717) is 39.9 Å². The zero-order valence-corrected chi connectivity index (χ0v) is 17.3. The highest BCUT2D eigenvalue weighted by Crippen LogP contribution is 2.39. The molecule has 0 fully saturated rings. The standard InChI is InChI=1S/C23H16ClN3O5/c24-15-3-6-21(26-12-15)27-22(28)13-1-4-16(5-2-13)32-19-10-20-18(9-14(19)11-25)17(23(29)30)7-8-31-20/h1-6,9-10,12,17H,7-8H2,(H,29,30)(H,26,27,28). The van der Waals surface area contributed by atoms with E-state index in [4.69, 9.17) is 21.1 Å². The lowest BCUT2D eigenvalue weighted by Crippen LogP contribution is -2.21. The first kappa shape index (κ1) is 21.2. The summed E-state index contributed by atoms with van der Waals surface area (Å²) < 4.78 is 11.4. The maximum Gasteiger partial charge on any atom is 0.311 e. The smallest absolute Gasteiger partial charge is 0.311 e. The maximum atomic E-state index is 12.4. The van der Waals surface area contributed by atoms with Crippen molar-refractivity contribution in [3.63, 3.8) is 0 Å². The third-order valence-electron chi connectivity index (χ3n) is 4.88. The van der Waals surface area contributed by atoms with Crippen molar-refractivity contribution in [1.29, 1.82) is 5.26 Å². The van der Waals surface area contributed by atoms with Crippen molar-refractivity contribution in [2.75, 3.05) is 11.9 Å². The Kier molecular flexibility index (Phi) is 5.92. The summed E-state index contributed by atoms with van der Waals surface area (Å²) in [4.78, 5) is 27.9. The highest BCUT2D eigenvalue weighted by molar-refractivity contribution is 6.30. The highest BCUT2D eigenvalue weighted by atomic mass is 35.5. The number of benzene rings is 2. The van der Waals surface area contributed by atoms with E-state index in [-0.39, 0.29) is 23.8 Å². The van der Waals surface area contributed by atoms with Crippen molar-refractivity contribution in [2.24, 2.45) is 0 Å². The van der Waals surface area contributed by atoms with Gasteiger partial charge in [-0.1, -0.05) is 11.6 Å². The van der Waals surface area contributed by atoms with Crippen molar-refractivity contribution in [3.05, 3.63) is 76.4 Å². The van der Waals surface area contributed by atoms with Crippen molar-refractivity contribution >= 4 is 29.3 Å². The molecule has 1 unspecified atom stereocenters. The molecule has 4 rings (SSSR count). The number of aliphatic carboxylic acids is 1. The summed E-state index contributed by atoms with van der Waals surface area (Å²) in [6.45, 7) is 0.265. The number of hydrogen-bond donors (Lipinski definition) is 2. The quantitative estimate of drug-likeness (QED) is 0.583. The van der Waals surface area contributed by atoms with Crippen LogP contribution >= 0.6 is 11.6 Å². The number of hydrogen-bond acceptors (Lipinski definition) is 6. The number of anilines is 1. The van der Waals surface area contributed by atoms with Gasteiger partial charge in [0.05, 0.1) is 23.1 Å². The van der Waals surface area contributed by atoms with E-state index in [2.05, 4.69) is 10.3 Å². The predicted octanol–water partition coefficient (Wildman–Crippen LogP) is 4.60. The van der Waals surface area contributed by atoms with Crippen molar-refractivity contribution < 1.29 is 24.2 Å². The van der Waals surface area contributed by atoms with E-state index in [1.165, 1.54) is 18.3 Å². The number of carboxylic acid groups (broad SMARTS) is 1. The summed E-state index contributed by atoms with van der Waals surface area (Å²) in [5.74, 6) is -0.669. The Balaban J connectivity index is 1.52. The maximum absolute atomic E-state index is 12.4. The van der Waals surface area contributed by atoms with E-state index in [1.807, 2.05) is 6.07 Å². The summed E-state index contributed by atoms with van der Waals surface area (Å²) in [5.41, 5.74) is 1.03. The summed E-state index contributed by atoms with van der Waals surface area (Å²) >= 11 is 5.79. The molecule has 0 saturated carbocycles. The molecule has 0 spiro atoms. The molecule has 9 heteroatoms. The number of nitrogens with one attached hydrogen (secondary N) is 1. The van der Waals surface area contributed by atoms with Gasteiger partial charge >= 0.3 is 5.97 Å². The molecule has 2 heterocycles. The van der Waals surface area contributed by atoms with Crippen LogP contribution in [0.25, 0.3) is 0 Å². The molecule has 0 aliphatic carbocycles. The summed E-state index contributed by atoms with van der Waals surface area (Å²) in [6.07, 6.45) is 1.77. The number of pyridine rings is 1. The van der Waals surface area contributed by atoms with Gasteiger partial charge in [-0.05, 0) is 48.9 Å². The third-order valence-corrected chi connectivity index (χ3v) is 5.11. The predicted molar refractivity (Wildman–Crippen MR) is 115 cm³/mol. The number of carbonyl (C=O) groups is 2. The SMILES string of the molecule is N#Cc1cc2c(cc1Oc1ccc(C(=O)Nc3ccc(Cl)cn3)cc1)OCCC2C(=O)O. The molecule has 1 aliphatic heterocycles. The van der Waals surface area contributed by atoms with Gasteiger partial charge in [-0.25, -0.2) is 4.98 Å². The number of ether oxygens (including phenoxy) is 2. The fraction of sp³-hybridized carbons (Fsp3) is 0.130. The highest BCUT2D eigenvalue weighted by Gasteiger charge is 2.29. The lowest BCUT2D eigenvalue weighted by atomic mass is 9.91. The molecule has 0 radical (unpaired) electrons. The second-order valence-corrected chi connectivity index (χ2v) is 7.40. The van der Waals surface area contributed by atoms with Gasteiger partial charge in [-0.15, -0.1) is 0 Å². The van der Waals surface area contributed by atoms with E-state index < -0.39 is 11.9 Å². The number of halogens is 1. The Bertz CT molecular complexity index is 1220. The minimum atomic E-state index is -0.963. The Hall–Kier alpha value is -4.09. The number of nitriles is 1. The van der Waals surface area contributed by atoms with Crippen LogP contribution in [0, 0.1) is 11.3 Å². The van der Waals surface area contributed by atoms with Gasteiger partial charge in [0.25, 0.3) is 5.91 Å². The van der Waals surface area contributed by atoms with Gasteiger partial charge in [-0.3, -0.25) is 9.59 Å². The monoisotopic (exact) mass is 449 g/mol. The number of nitrogens with zero attached hydrogens (tertiary/aromatic N) is 2. The molecule has 1 atom stereocenters. The summed E-state index contributed by atoms with van der Waals surface area (Å²) in [6, 6.07) is 14.6. The van der Waals surface area contributed by atoms with E-state index in [1.54, 1.807) is 36.4 Å². The molecule has 2 aromatic carbocycles. The van der Waals surface area contributed by atoms with E-state index in [0.717, 1.165) is 0 Å². The van der Waals surface area contributed by atoms with E-state index in [9.17, 15) is 20.0 Å². The van der Waals surface area contributed by atoms with Crippen LogP contribution in [-0.2, 0) is 4.79 Å². The average molecular weight is 450 g/mol. The van der Waals surface area contributed by atoms with Gasteiger partial charge in [0.1, 0.15) is 29.1 Å². The average Bonchev–Trinajstić information content (AvgIpc) is 2.80. The lowest BCUT2D eigenvalue weighted by molar-refractivity contribution is -0.139. The molecule has 8 nitrogen and oxygen atoms in total. The molecule has 1 amide bonds. The van der Waals surface area contributed by atoms with Gasteiger partial charge < -0.3 is 19.9 Å². The van der Waals surface area contributed by atoms with Crippen LogP contribution in [0.1, 0.15) is 33.8 Å². The number of amides is 1. The Morgan fingerprint density at radius 1 is 1.22 bits per heavy atom. The van der Waals surface area contributed by atoms with Crippen LogP contribution in [0.3, 0.4) is 0 Å².